The molecule has 3 rings (SSSR count). The molecule has 5 nitrogen and oxygen atoms in total. The molecule has 2 aromatic rings. The minimum absolute atomic E-state index is 0.00599. The number of rotatable bonds is 6. The highest BCUT2D eigenvalue weighted by Crippen LogP contribution is 2.29. The van der Waals surface area contributed by atoms with E-state index in [2.05, 4.69) is 21.2 Å². The SMILES string of the molecule is CCOc1ccccc1N1CCN([C@H](C)C(=O)Nc2cccc(Cl)c2C)CC1. The summed E-state index contributed by atoms with van der Waals surface area (Å²) in [6.45, 7) is 9.88. The third-order valence-corrected chi connectivity index (χ3v) is 5.68. The summed E-state index contributed by atoms with van der Waals surface area (Å²) < 4.78 is 5.76. The number of anilines is 2. The van der Waals surface area contributed by atoms with E-state index in [4.69, 9.17) is 16.3 Å². The molecule has 1 saturated heterocycles. The van der Waals surface area contributed by atoms with Gasteiger partial charge in [0.15, 0.2) is 0 Å². The van der Waals surface area contributed by atoms with Crippen LogP contribution < -0.4 is 15.0 Å². The number of piperazine rings is 1. The summed E-state index contributed by atoms with van der Waals surface area (Å²) in [5.41, 5.74) is 2.78. The molecule has 1 amide bonds. The molecule has 0 aliphatic carbocycles. The van der Waals surface area contributed by atoms with Crippen LogP contribution >= 0.6 is 11.6 Å². The van der Waals surface area contributed by atoms with Crippen LogP contribution in [0.5, 0.6) is 5.75 Å². The molecule has 1 N–H and O–H groups in total. The van der Waals surface area contributed by atoms with Crippen LogP contribution in [0, 0.1) is 6.92 Å². The number of ether oxygens (including phenoxy) is 1. The number of carbonyl (C=O) groups excluding carboxylic acids is 1. The molecule has 1 atom stereocenters. The van der Waals surface area contributed by atoms with Crippen LogP contribution in [0.1, 0.15) is 19.4 Å². The van der Waals surface area contributed by atoms with Gasteiger partial charge in [0.25, 0.3) is 0 Å². The second-order valence-corrected chi connectivity index (χ2v) is 7.41. The van der Waals surface area contributed by atoms with Gasteiger partial charge in [0, 0.05) is 36.9 Å². The monoisotopic (exact) mass is 401 g/mol. The van der Waals surface area contributed by atoms with Crippen molar-refractivity contribution in [2.75, 3.05) is 43.0 Å². The zero-order valence-electron chi connectivity index (χ0n) is 16.7. The summed E-state index contributed by atoms with van der Waals surface area (Å²) in [5.74, 6) is 0.911. The van der Waals surface area contributed by atoms with Crippen LogP contribution in [-0.4, -0.2) is 49.6 Å². The van der Waals surface area contributed by atoms with Crippen molar-refractivity contribution in [3.63, 3.8) is 0 Å². The number of benzene rings is 2. The standard InChI is InChI=1S/C22H28ClN3O2/c1-4-28-21-11-6-5-10-20(21)26-14-12-25(13-15-26)17(3)22(27)24-19-9-7-8-18(23)16(19)2/h5-11,17H,4,12-15H2,1-3H3,(H,24,27)/t17-/m1/s1. The van der Waals surface area contributed by atoms with E-state index in [0.29, 0.717) is 11.6 Å². The Hall–Kier alpha value is -2.24. The molecule has 0 spiro atoms. The average Bonchev–Trinajstić information content (AvgIpc) is 2.71. The molecule has 0 saturated carbocycles. The van der Waals surface area contributed by atoms with Gasteiger partial charge in [0.05, 0.1) is 18.3 Å². The van der Waals surface area contributed by atoms with Crippen LogP contribution in [0.2, 0.25) is 5.02 Å². The fraction of sp³-hybridized carbons (Fsp3) is 0.409. The van der Waals surface area contributed by atoms with Crippen molar-refractivity contribution in [1.82, 2.24) is 4.90 Å². The Morgan fingerprint density at radius 3 is 2.57 bits per heavy atom. The molecule has 1 aliphatic heterocycles. The molecule has 2 aromatic carbocycles. The van der Waals surface area contributed by atoms with Gasteiger partial charge in [-0.1, -0.05) is 29.8 Å². The van der Waals surface area contributed by atoms with Gasteiger partial charge in [0.2, 0.25) is 5.91 Å². The second kappa shape index (κ2) is 9.30. The largest absolute Gasteiger partial charge is 0.492 e. The van der Waals surface area contributed by atoms with E-state index in [9.17, 15) is 4.79 Å². The molecular formula is C22H28ClN3O2. The van der Waals surface area contributed by atoms with Crippen molar-refractivity contribution in [3.8, 4) is 5.75 Å². The Balaban J connectivity index is 1.60. The van der Waals surface area contributed by atoms with Crippen molar-refractivity contribution in [1.29, 1.82) is 0 Å². The first kappa shape index (κ1) is 20.5. The number of halogens is 1. The first-order valence-corrected chi connectivity index (χ1v) is 10.2. The van der Waals surface area contributed by atoms with Crippen LogP contribution in [0.25, 0.3) is 0 Å². The highest BCUT2D eigenvalue weighted by Gasteiger charge is 2.27. The maximum atomic E-state index is 12.7. The van der Waals surface area contributed by atoms with Gasteiger partial charge in [-0.25, -0.2) is 0 Å². The van der Waals surface area contributed by atoms with Crippen molar-refractivity contribution in [2.24, 2.45) is 0 Å². The van der Waals surface area contributed by atoms with E-state index in [1.807, 2.05) is 57.2 Å². The fourth-order valence-corrected chi connectivity index (χ4v) is 3.67. The van der Waals surface area contributed by atoms with Gasteiger partial charge in [-0.2, -0.15) is 0 Å². The molecule has 0 radical (unpaired) electrons. The van der Waals surface area contributed by atoms with E-state index in [1.165, 1.54) is 0 Å². The van der Waals surface area contributed by atoms with Crippen molar-refractivity contribution in [3.05, 3.63) is 53.1 Å². The number of nitrogens with one attached hydrogen (secondary N) is 1. The molecule has 1 fully saturated rings. The molecule has 150 valence electrons. The van der Waals surface area contributed by atoms with E-state index in [0.717, 1.165) is 48.9 Å². The molecule has 6 heteroatoms. The third kappa shape index (κ3) is 4.59. The molecule has 1 heterocycles. The van der Waals surface area contributed by atoms with Crippen LogP contribution in [0.4, 0.5) is 11.4 Å². The molecule has 28 heavy (non-hydrogen) atoms. The summed E-state index contributed by atoms with van der Waals surface area (Å²) in [6, 6.07) is 13.5. The maximum Gasteiger partial charge on any atom is 0.241 e. The Morgan fingerprint density at radius 2 is 1.86 bits per heavy atom. The first-order valence-electron chi connectivity index (χ1n) is 9.78. The van der Waals surface area contributed by atoms with Gasteiger partial charge < -0.3 is 15.0 Å². The highest BCUT2D eigenvalue weighted by atomic mass is 35.5. The number of amides is 1. The second-order valence-electron chi connectivity index (χ2n) is 7.00. The summed E-state index contributed by atoms with van der Waals surface area (Å²) in [7, 11) is 0. The zero-order valence-corrected chi connectivity index (χ0v) is 17.5. The first-order chi connectivity index (χ1) is 13.5. The van der Waals surface area contributed by atoms with E-state index < -0.39 is 0 Å². The van der Waals surface area contributed by atoms with Gasteiger partial charge in [-0.05, 0) is 50.6 Å². The lowest BCUT2D eigenvalue weighted by molar-refractivity contribution is -0.120. The fourth-order valence-electron chi connectivity index (χ4n) is 3.49. The summed E-state index contributed by atoms with van der Waals surface area (Å²) >= 11 is 6.16. The molecule has 0 aromatic heterocycles. The smallest absolute Gasteiger partial charge is 0.241 e. The number of para-hydroxylation sites is 2. The van der Waals surface area contributed by atoms with E-state index in [-0.39, 0.29) is 11.9 Å². The lowest BCUT2D eigenvalue weighted by atomic mass is 10.1. The Bertz CT molecular complexity index is 819. The molecule has 1 aliphatic rings. The summed E-state index contributed by atoms with van der Waals surface area (Å²) in [5, 5.41) is 3.68. The van der Waals surface area contributed by atoms with E-state index in [1.54, 1.807) is 0 Å². The zero-order chi connectivity index (χ0) is 20.1. The third-order valence-electron chi connectivity index (χ3n) is 5.27. The van der Waals surface area contributed by atoms with E-state index >= 15 is 0 Å². The van der Waals surface area contributed by atoms with Crippen LogP contribution in [0.3, 0.4) is 0 Å². The van der Waals surface area contributed by atoms with Crippen molar-refractivity contribution >= 4 is 28.9 Å². The highest BCUT2D eigenvalue weighted by molar-refractivity contribution is 6.31. The average molecular weight is 402 g/mol. The quantitative estimate of drug-likeness (QED) is 0.788. The predicted molar refractivity (Wildman–Crippen MR) is 116 cm³/mol. The lowest BCUT2D eigenvalue weighted by Crippen LogP contribution is -2.53. The van der Waals surface area contributed by atoms with Gasteiger partial charge >= 0.3 is 0 Å². The van der Waals surface area contributed by atoms with Crippen LogP contribution in [0.15, 0.2) is 42.5 Å². The number of hydrogen-bond donors (Lipinski definition) is 1. The normalized spacial score (nSPS) is 15.9. The minimum atomic E-state index is -0.206. The predicted octanol–water partition coefficient (Wildman–Crippen LogP) is 4.20. The van der Waals surface area contributed by atoms with Gasteiger partial charge in [0.1, 0.15) is 5.75 Å². The molecular weight excluding hydrogens is 374 g/mol. The molecule has 0 unspecified atom stereocenters. The Labute approximate surface area is 172 Å². The molecule has 0 bridgehead atoms. The number of hydrogen-bond acceptors (Lipinski definition) is 4. The van der Waals surface area contributed by atoms with Gasteiger partial charge in [-0.3, -0.25) is 9.69 Å². The van der Waals surface area contributed by atoms with Crippen molar-refractivity contribution < 1.29 is 9.53 Å². The maximum absolute atomic E-state index is 12.7. The Kier molecular flexibility index (Phi) is 6.81. The summed E-state index contributed by atoms with van der Waals surface area (Å²) in [6.07, 6.45) is 0. The summed E-state index contributed by atoms with van der Waals surface area (Å²) in [4.78, 5) is 17.3. The van der Waals surface area contributed by atoms with Crippen molar-refractivity contribution in [2.45, 2.75) is 26.8 Å². The van der Waals surface area contributed by atoms with Gasteiger partial charge in [-0.15, -0.1) is 0 Å². The topological polar surface area (TPSA) is 44.8 Å². The van der Waals surface area contributed by atoms with Crippen LogP contribution in [-0.2, 0) is 4.79 Å². The number of nitrogens with zero attached hydrogens (tertiary/aromatic N) is 2. The number of carbonyl (C=O) groups is 1. The lowest BCUT2D eigenvalue weighted by Gasteiger charge is -2.39. The Morgan fingerprint density at radius 1 is 1.14 bits per heavy atom. The minimum Gasteiger partial charge on any atom is -0.492 e.